The van der Waals surface area contributed by atoms with Crippen LogP contribution in [0, 0.1) is 18.8 Å². The molecule has 13 heavy (non-hydrogen) atoms. The molecule has 0 spiro atoms. The van der Waals surface area contributed by atoms with Crippen molar-refractivity contribution < 1.29 is 0 Å². The molecular weight excluding hydrogens is 246 g/mol. The fourth-order valence-corrected chi connectivity index (χ4v) is 3.03. The summed E-state index contributed by atoms with van der Waals surface area (Å²) in [5.41, 5.74) is 1.15. The summed E-state index contributed by atoms with van der Waals surface area (Å²) in [7, 11) is 0. The Balaban J connectivity index is 2.56. The van der Waals surface area contributed by atoms with Crippen molar-refractivity contribution in [3.8, 4) is 0 Å². The van der Waals surface area contributed by atoms with Crippen LogP contribution in [0.1, 0.15) is 24.5 Å². The van der Waals surface area contributed by atoms with E-state index < -0.39 is 0 Å². The van der Waals surface area contributed by atoms with Gasteiger partial charge in [0.2, 0.25) is 0 Å². The summed E-state index contributed by atoms with van der Waals surface area (Å²) in [6, 6.07) is 0. The van der Waals surface area contributed by atoms with Crippen LogP contribution < -0.4 is 0 Å². The molecule has 0 aromatic carbocycles. The average Bonchev–Trinajstić information content (AvgIpc) is 2.46. The Morgan fingerprint density at radius 2 is 2.23 bits per heavy atom. The lowest BCUT2D eigenvalue weighted by Crippen LogP contribution is -2.13. The van der Waals surface area contributed by atoms with Crippen molar-refractivity contribution in [2.75, 3.05) is 5.33 Å². The van der Waals surface area contributed by atoms with E-state index in [1.165, 1.54) is 5.01 Å². The number of hydrogen-bond donors (Lipinski definition) is 0. The zero-order valence-electron chi connectivity index (χ0n) is 8.38. The highest BCUT2D eigenvalue weighted by atomic mass is 79.9. The fraction of sp³-hybridized carbons (Fsp3) is 0.700. The van der Waals surface area contributed by atoms with Crippen molar-refractivity contribution in [2.24, 2.45) is 11.8 Å². The minimum absolute atomic E-state index is 0.713. The van der Waals surface area contributed by atoms with Gasteiger partial charge in [-0.25, -0.2) is 4.98 Å². The molecule has 0 saturated carbocycles. The average molecular weight is 262 g/mol. The van der Waals surface area contributed by atoms with Crippen LogP contribution in [0.2, 0.25) is 0 Å². The monoisotopic (exact) mass is 261 g/mol. The van der Waals surface area contributed by atoms with E-state index in [0.717, 1.165) is 23.4 Å². The van der Waals surface area contributed by atoms with Crippen molar-refractivity contribution >= 4 is 27.3 Å². The van der Waals surface area contributed by atoms with Crippen LogP contribution in [-0.4, -0.2) is 10.3 Å². The summed E-state index contributed by atoms with van der Waals surface area (Å²) in [6.45, 7) is 6.59. The molecule has 0 fully saturated rings. The zero-order chi connectivity index (χ0) is 9.84. The maximum absolute atomic E-state index is 4.48. The Kier molecular flexibility index (Phi) is 4.39. The Morgan fingerprint density at radius 3 is 2.62 bits per heavy atom. The number of halogens is 1. The number of aromatic nitrogens is 1. The van der Waals surface area contributed by atoms with Crippen molar-refractivity contribution in [2.45, 2.75) is 27.2 Å². The molecule has 0 aliphatic rings. The van der Waals surface area contributed by atoms with Gasteiger partial charge < -0.3 is 0 Å². The van der Waals surface area contributed by atoms with Gasteiger partial charge in [0.25, 0.3) is 0 Å². The second-order valence-electron chi connectivity index (χ2n) is 3.75. The van der Waals surface area contributed by atoms with Gasteiger partial charge in [0, 0.05) is 22.8 Å². The molecule has 0 N–H and O–H groups in total. The number of thiazole rings is 1. The summed E-state index contributed by atoms with van der Waals surface area (Å²) in [5, 5.41) is 4.47. The molecule has 0 amide bonds. The van der Waals surface area contributed by atoms with Gasteiger partial charge in [-0.2, -0.15) is 0 Å². The van der Waals surface area contributed by atoms with E-state index in [1.807, 2.05) is 0 Å². The van der Waals surface area contributed by atoms with Crippen LogP contribution in [0.5, 0.6) is 0 Å². The first kappa shape index (κ1) is 11.2. The third-order valence-electron chi connectivity index (χ3n) is 2.24. The quantitative estimate of drug-likeness (QED) is 0.754. The minimum Gasteiger partial charge on any atom is -0.247 e. The number of nitrogens with zero attached hydrogens (tertiary/aromatic N) is 1. The molecule has 1 aromatic heterocycles. The van der Waals surface area contributed by atoms with Gasteiger partial charge >= 0.3 is 0 Å². The highest BCUT2D eigenvalue weighted by molar-refractivity contribution is 9.09. The highest BCUT2D eigenvalue weighted by Crippen LogP contribution is 2.21. The lowest BCUT2D eigenvalue weighted by molar-refractivity contribution is 0.426. The second kappa shape index (κ2) is 5.11. The van der Waals surface area contributed by atoms with E-state index in [-0.39, 0.29) is 0 Å². The van der Waals surface area contributed by atoms with E-state index in [2.05, 4.69) is 47.1 Å². The third kappa shape index (κ3) is 3.39. The largest absolute Gasteiger partial charge is 0.247 e. The minimum atomic E-state index is 0.713. The van der Waals surface area contributed by atoms with Crippen LogP contribution in [0.4, 0.5) is 0 Å². The topological polar surface area (TPSA) is 12.9 Å². The molecule has 0 bridgehead atoms. The molecule has 1 aromatic rings. The van der Waals surface area contributed by atoms with E-state index >= 15 is 0 Å². The molecule has 0 saturated heterocycles. The predicted molar refractivity (Wildman–Crippen MR) is 62.7 cm³/mol. The molecule has 1 heterocycles. The molecule has 1 unspecified atom stereocenters. The second-order valence-corrected chi connectivity index (χ2v) is 5.34. The van der Waals surface area contributed by atoms with Crippen LogP contribution in [0.15, 0.2) is 5.38 Å². The first-order valence-electron chi connectivity index (χ1n) is 4.60. The van der Waals surface area contributed by atoms with E-state index in [9.17, 15) is 0 Å². The van der Waals surface area contributed by atoms with Crippen LogP contribution >= 0.6 is 27.3 Å². The zero-order valence-corrected chi connectivity index (χ0v) is 10.8. The maximum Gasteiger partial charge on any atom is 0.0931 e. The Bertz CT molecular complexity index is 257. The van der Waals surface area contributed by atoms with E-state index in [1.54, 1.807) is 11.3 Å². The third-order valence-corrected chi connectivity index (χ3v) is 4.07. The van der Waals surface area contributed by atoms with Gasteiger partial charge in [-0.1, -0.05) is 29.8 Å². The van der Waals surface area contributed by atoms with Crippen LogP contribution in [0.25, 0.3) is 0 Å². The van der Waals surface area contributed by atoms with Crippen molar-refractivity contribution in [3.63, 3.8) is 0 Å². The predicted octanol–water partition coefficient (Wildman–Crippen LogP) is 3.66. The summed E-state index contributed by atoms with van der Waals surface area (Å²) >= 11 is 5.34. The van der Waals surface area contributed by atoms with E-state index in [4.69, 9.17) is 0 Å². The Morgan fingerprint density at radius 1 is 1.54 bits per heavy atom. The van der Waals surface area contributed by atoms with Crippen LogP contribution in [0.3, 0.4) is 0 Å². The summed E-state index contributed by atoms with van der Waals surface area (Å²) in [4.78, 5) is 4.48. The number of rotatable bonds is 4. The molecule has 74 valence electrons. The van der Waals surface area contributed by atoms with Gasteiger partial charge in [-0.3, -0.25) is 0 Å². The van der Waals surface area contributed by atoms with Gasteiger partial charge in [-0.05, 0) is 18.8 Å². The summed E-state index contributed by atoms with van der Waals surface area (Å²) < 4.78 is 0. The van der Waals surface area contributed by atoms with E-state index in [0.29, 0.717) is 5.92 Å². The van der Waals surface area contributed by atoms with Crippen molar-refractivity contribution in [1.82, 2.24) is 4.98 Å². The smallest absolute Gasteiger partial charge is 0.0931 e. The van der Waals surface area contributed by atoms with Gasteiger partial charge in [0.15, 0.2) is 0 Å². The molecule has 1 nitrogen and oxygen atoms in total. The Hall–Kier alpha value is 0.110. The first-order chi connectivity index (χ1) is 6.13. The molecule has 1 atom stereocenters. The van der Waals surface area contributed by atoms with Crippen LogP contribution in [-0.2, 0) is 6.42 Å². The Labute approximate surface area is 92.7 Å². The number of hydrogen-bond acceptors (Lipinski definition) is 2. The molecule has 3 heteroatoms. The lowest BCUT2D eigenvalue weighted by Gasteiger charge is -2.16. The summed E-state index contributed by atoms with van der Waals surface area (Å²) in [5.74, 6) is 1.44. The number of aryl methyl sites for hydroxylation is 1. The normalized spacial score (nSPS) is 13.6. The van der Waals surface area contributed by atoms with Crippen molar-refractivity contribution in [1.29, 1.82) is 0 Å². The maximum atomic E-state index is 4.48. The molecule has 0 aliphatic carbocycles. The van der Waals surface area contributed by atoms with Gasteiger partial charge in [-0.15, -0.1) is 11.3 Å². The SMILES string of the molecule is Cc1csc(CC(CBr)C(C)C)n1. The van der Waals surface area contributed by atoms with Crippen molar-refractivity contribution in [3.05, 3.63) is 16.1 Å². The van der Waals surface area contributed by atoms with Gasteiger partial charge in [0.05, 0.1) is 5.01 Å². The van der Waals surface area contributed by atoms with Gasteiger partial charge in [0.1, 0.15) is 0 Å². The molecule has 1 rings (SSSR count). The first-order valence-corrected chi connectivity index (χ1v) is 6.60. The summed E-state index contributed by atoms with van der Waals surface area (Å²) in [6.07, 6.45) is 1.11. The molecule has 0 aliphatic heterocycles. The lowest BCUT2D eigenvalue weighted by atomic mass is 9.95. The fourth-order valence-electron chi connectivity index (χ4n) is 1.19. The number of alkyl halides is 1. The highest BCUT2D eigenvalue weighted by Gasteiger charge is 2.14. The molecular formula is C10H16BrNS. The standard InChI is InChI=1S/C10H16BrNS/c1-7(2)9(5-11)4-10-12-8(3)6-13-10/h6-7,9H,4-5H2,1-3H3. The molecule has 0 radical (unpaired) electrons.